The van der Waals surface area contributed by atoms with Gasteiger partial charge in [0, 0.05) is 11.1 Å². The number of aryl methyl sites for hydroxylation is 1. The second-order valence-corrected chi connectivity index (χ2v) is 8.44. The Balaban J connectivity index is 1.72. The second kappa shape index (κ2) is 9.11. The van der Waals surface area contributed by atoms with E-state index in [0.717, 1.165) is 16.0 Å². The van der Waals surface area contributed by atoms with Crippen molar-refractivity contribution in [3.63, 3.8) is 0 Å². The molecule has 0 unspecified atom stereocenters. The van der Waals surface area contributed by atoms with Gasteiger partial charge in [-0.2, -0.15) is 5.26 Å². The van der Waals surface area contributed by atoms with E-state index in [4.69, 9.17) is 27.6 Å². The van der Waals surface area contributed by atoms with Gasteiger partial charge in [-0.1, -0.05) is 59.1 Å². The number of carbonyl (C=O) groups is 2. The van der Waals surface area contributed by atoms with Crippen LogP contribution in [-0.2, 0) is 16.1 Å². The summed E-state index contributed by atoms with van der Waals surface area (Å²) in [6, 6.07) is 18.1. The summed E-state index contributed by atoms with van der Waals surface area (Å²) in [7, 11) is 0. The molecule has 33 heavy (non-hydrogen) atoms. The van der Waals surface area contributed by atoms with Gasteiger partial charge in [0.2, 0.25) is 0 Å². The minimum atomic E-state index is -0.608. The van der Waals surface area contributed by atoms with Crippen LogP contribution in [0.1, 0.15) is 23.8 Å². The number of imide groups is 1. The van der Waals surface area contributed by atoms with Gasteiger partial charge in [-0.15, -0.1) is 0 Å². The lowest BCUT2D eigenvalue weighted by Gasteiger charge is -2.27. The molecule has 7 heteroatoms. The molecule has 1 aromatic heterocycles. The molecule has 0 radical (unpaired) electrons. The fourth-order valence-electron chi connectivity index (χ4n) is 3.56. The number of halogens is 2. The number of benzene rings is 2. The van der Waals surface area contributed by atoms with Gasteiger partial charge >= 0.3 is 0 Å². The molecule has 2 aromatic carbocycles. The number of rotatable bonds is 4. The summed E-state index contributed by atoms with van der Waals surface area (Å²) in [6.45, 7) is 3.60. The summed E-state index contributed by atoms with van der Waals surface area (Å²) >= 11 is 12.4. The summed E-state index contributed by atoms with van der Waals surface area (Å²) in [5.74, 6) is -0.239. The highest BCUT2D eigenvalue weighted by atomic mass is 35.5. The molecule has 2 amide bonds. The van der Waals surface area contributed by atoms with Crippen LogP contribution >= 0.6 is 23.2 Å². The Morgan fingerprint density at radius 3 is 2.42 bits per heavy atom. The number of nitriles is 1. The van der Waals surface area contributed by atoms with Crippen molar-refractivity contribution in [1.29, 1.82) is 5.26 Å². The normalized spacial score (nSPS) is 15.4. The van der Waals surface area contributed by atoms with E-state index in [1.165, 1.54) is 6.08 Å². The van der Waals surface area contributed by atoms with Gasteiger partial charge in [0.05, 0.1) is 16.6 Å². The standard InChI is InChI=1S/C26H18Cl2N2O3/c1-15-6-8-17(9-7-15)14-30-25(31)20(16(2)21(13-29)26(30)32)12-18-10-11-23(33-18)19-4-3-5-22(27)24(19)28/h3-12H,14H2,1-2H3/b20-12+. The molecule has 0 spiro atoms. The van der Waals surface area contributed by atoms with Crippen molar-refractivity contribution in [1.82, 2.24) is 4.90 Å². The molecule has 0 atom stereocenters. The first kappa shape index (κ1) is 22.6. The topological polar surface area (TPSA) is 74.3 Å². The first-order valence-corrected chi connectivity index (χ1v) is 10.8. The molecule has 0 saturated heterocycles. The summed E-state index contributed by atoms with van der Waals surface area (Å²) in [5, 5.41) is 10.3. The largest absolute Gasteiger partial charge is 0.457 e. The lowest BCUT2D eigenvalue weighted by molar-refractivity contribution is -0.141. The smallest absolute Gasteiger partial charge is 0.271 e. The maximum atomic E-state index is 13.3. The highest BCUT2D eigenvalue weighted by Crippen LogP contribution is 2.35. The zero-order chi connectivity index (χ0) is 23.7. The number of hydrogen-bond acceptors (Lipinski definition) is 4. The van der Waals surface area contributed by atoms with Crippen LogP contribution in [0.4, 0.5) is 0 Å². The average molecular weight is 477 g/mol. The maximum absolute atomic E-state index is 13.3. The van der Waals surface area contributed by atoms with Crippen LogP contribution in [0.5, 0.6) is 0 Å². The molecule has 3 aromatic rings. The SMILES string of the molecule is CC1=C(C#N)C(=O)N(Cc2ccc(C)cc2)C(=O)/C1=C/c1ccc(-c2cccc(Cl)c2Cl)o1. The van der Waals surface area contributed by atoms with Gasteiger partial charge in [-0.05, 0) is 55.3 Å². The third kappa shape index (κ3) is 4.36. The van der Waals surface area contributed by atoms with Gasteiger partial charge in [-0.25, -0.2) is 0 Å². The van der Waals surface area contributed by atoms with Crippen LogP contribution < -0.4 is 0 Å². The average Bonchev–Trinajstić information content (AvgIpc) is 3.26. The van der Waals surface area contributed by atoms with Gasteiger partial charge < -0.3 is 4.42 Å². The highest BCUT2D eigenvalue weighted by Gasteiger charge is 2.35. The van der Waals surface area contributed by atoms with Crippen molar-refractivity contribution in [3.8, 4) is 17.4 Å². The fraction of sp³-hybridized carbons (Fsp3) is 0.115. The highest BCUT2D eigenvalue weighted by molar-refractivity contribution is 6.43. The third-order valence-electron chi connectivity index (χ3n) is 5.42. The summed E-state index contributed by atoms with van der Waals surface area (Å²) in [4.78, 5) is 27.2. The lowest BCUT2D eigenvalue weighted by atomic mass is 9.94. The molecule has 1 aliphatic rings. The third-order valence-corrected chi connectivity index (χ3v) is 6.24. The van der Waals surface area contributed by atoms with E-state index in [0.29, 0.717) is 32.7 Å². The van der Waals surface area contributed by atoms with Crippen molar-refractivity contribution >= 4 is 41.1 Å². The van der Waals surface area contributed by atoms with E-state index in [9.17, 15) is 14.9 Å². The summed E-state index contributed by atoms with van der Waals surface area (Å²) in [6.07, 6.45) is 1.53. The van der Waals surface area contributed by atoms with Crippen LogP contribution in [0.15, 0.2) is 75.7 Å². The van der Waals surface area contributed by atoms with Crippen LogP contribution in [0.2, 0.25) is 10.0 Å². The van der Waals surface area contributed by atoms with E-state index in [-0.39, 0.29) is 17.7 Å². The Hall–Kier alpha value is -3.59. The van der Waals surface area contributed by atoms with Crippen molar-refractivity contribution in [2.45, 2.75) is 20.4 Å². The number of furan rings is 1. The molecule has 0 bridgehead atoms. The van der Waals surface area contributed by atoms with Crippen LogP contribution in [-0.4, -0.2) is 16.7 Å². The van der Waals surface area contributed by atoms with Gasteiger partial charge in [0.1, 0.15) is 23.2 Å². The predicted molar refractivity (Wildman–Crippen MR) is 127 cm³/mol. The van der Waals surface area contributed by atoms with Crippen LogP contribution in [0.25, 0.3) is 17.4 Å². The molecule has 0 saturated carbocycles. The maximum Gasteiger partial charge on any atom is 0.271 e. The molecule has 0 N–H and O–H groups in total. The Labute approximate surface area is 201 Å². The van der Waals surface area contributed by atoms with Crippen molar-refractivity contribution in [2.75, 3.05) is 0 Å². The molecule has 4 rings (SSSR count). The zero-order valence-corrected chi connectivity index (χ0v) is 19.4. The molecule has 0 aliphatic carbocycles. The Morgan fingerprint density at radius 2 is 1.73 bits per heavy atom. The van der Waals surface area contributed by atoms with Crippen LogP contribution in [0, 0.1) is 18.3 Å². The number of carbonyl (C=O) groups excluding carboxylic acids is 2. The van der Waals surface area contributed by atoms with Gasteiger partial charge in [0.15, 0.2) is 0 Å². The quantitative estimate of drug-likeness (QED) is 0.324. The number of amides is 2. The Morgan fingerprint density at radius 1 is 1.00 bits per heavy atom. The molecular weight excluding hydrogens is 459 g/mol. The molecule has 0 fully saturated rings. The van der Waals surface area contributed by atoms with E-state index < -0.39 is 11.8 Å². The predicted octanol–water partition coefficient (Wildman–Crippen LogP) is 6.35. The minimum absolute atomic E-state index is 0.0648. The van der Waals surface area contributed by atoms with Crippen molar-refractivity contribution < 1.29 is 14.0 Å². The molecule has 2 heterocycles. The van der Waals surface area contributed by atoms with Gasteiger partial charge in [-0.3, -0.25) is 14.5 Å². The Bertz CT molecular complexity index is 1380. The summed E-state index contributed by atoms with van der Waals surface area (Å²) < 4.78 is 5.89. The molecule has 164 valence electrons. The van der Waals surface area contributed by atoms with Crippen molar-refractivity contribution in [3.05, 3.63) is 98.2 Å². The van der Waals surface area contributed by atoms with E-state index >= 15 is 0 Å². The fourth-order valence-corrected chi connectivity index (χ4v) is 3.95. The van der Waals surface area contributed by atoms with E-state index in [2.05, 4.69) is 0 Å². The molecular formula is C26H18Cl2N2O3. The van der Waals surface area contributed by atoms with Crippen LogP contribution in [0.3, 0.4) is 0 Å². The second-order valence-electron chi connectivity index (χ2n) is 7.66. The lowest BCUT2D eigenvalue weighted by Crippen LogP contribution is -2.42. The zero-order valence-electron chi connectivity index (χ0n) is 17.9. The Kier molecular flexibility index (Phi) is 6.24. The van der Waals surface area contributed by atoms with E-state index in [1.54, 1.807) is 37.3 Å². The van der Waals surface area contributed by atoms with Crippen molar-refractivity contribution in [2.24, 2.45) is 0 Å². The molecule has 1 aliphatic heterocycles. The number of nitrogens with zero attached hydrogens (tertiary/aromatic N) is 2. The number of hydrogen-bond donors (Lipinski definition) is 0. The first-order valence-electron chi connectivity index (χ1n) is 10.1. The van der Waals surface area contributed by atoms with Gasteiger partial charge in [0.25, 0.3) is 11.8 Å². The summed E-state index contributed by atoms with van der Waals surface area (Å²) in [5.41, 5.74) is 2.93. The monoisotopic (exact) mass is 476 g/mol. The van der Waals surface area contributed by atoms with E-state index in [1.807, 2.05) is 37.3 Å². The molecule has 5 nitrogen and oxygen atoms in total. The first-order chi connectivity index (χ1) is 15.8. The minimum Gasteiger partial charge on any atom is -0.457 e.